The molecular weight excluding hydrogens is 598 g/mol. The summed E-state index contributed by atoms with van der Waals surface area (Å²) in [6.07, 6.45) is -0.539. The zero-order valence-electron chi connectivity index (χ0n) is 24.7. The maximum atomic E-state index is 14.1. The lowest BCUT2D eigenvalue weighted by Crippen LogP contribution is -2.65. The summed E-state index contributed by atoms with van der Waals surface area (Å²) in [6, 6.07) is 16.0. The first-order chi connectivity index (χ1) is 21.6. The highest BCUT2D eigenvalue weighted by Crippen LogP contribution is 2.33. The number of nitrogen functional groups attached to an aromatic ring is 1. The van der Waals surface area contributed by atoms with Gasteiger partial charge in [0.25, 0.3) is 0 Å². The minimum Gasteiger partial charge on any atom is -0.504 e. The maximum absolute atomic E-state index is 14.1. The SMILES string of the molecule is COc1ccc(CNC(=O)N(C)N2CC(=O)N3[C@@H](Cc4ccc(O)c(O)c4)C(=O)N(Cc4cccc5sc(N)nc45)C[C@@H]32)cc1. The van der Waals surface area contributed by atoms with Crippen molar-refractivity contribution in [2.45, 2.75) is 31.7 Å². The van der Waals surface area contributed by atoms with Crippen molar-refractivity contribution in [3.63, 3.8) is 0 Å². The number of nitrogens with zero attached hydrogens (tertiary/aromatic N) is 5. The van der Waals surface area contributed by atoms with Crippen LogP contribution in [0.4, 0.5) is 9.93 Å². The number of hydrogen-bond donors (Lipinski definition) is 4. The van der Waals surface area contributed by atoms with Crippen LogP contribution >= 0.6 is 11.3 Å². The normalized spacial score (nSPS) is 18.4. The van der Waals surface area contributed by atoms with Gasteiger partial charge in [-0.25, -0.2) is 9.78 Å². The molecule has 0 aliphatic carbocycles. The Morgan fingerprint density at radius 1 is 1.11 bits per heavy atom. The number of methoxy groups -OCH3 is 1. The van der Waals surface area contributed by atoms with E-state index in [9.17, 15) is 24.6 Å². The van der Waals surface area contributed by atoms with Gasteiger partial charge in [-0.3, -0.25) is 14.6 Å². The van der Waals surface area contributed by atoms with Gasteiger partial charge in [-0.1, -0.05) is 41.7 Å². The van der Waals surface area contributed by atoms with Gasteiger partial charge in [-0.2, -0.15) is 5.01 Å². The van der Waals surface area contributed by atoms with Crippen molar-refractivity contribution in [1.82, 2.24) is 30.1 Å². The second-order valence-electron chi connectivity index (χ2n) is 11.0. The van der Waals surface area contributed by atoms with E-state index in [2.05, 4.69) is 10.3 Å². The predicted molar refractivity (Wildman–Crippen MR) is 167 cm³/mol. The molecule has 14 heteroatoms. The summed E-state index contributed by atoms with van der Waals surface area (Å²) in [4.78, 5) is 48.6. The Morgan fingerprint density at radius 2 is 1.87 bits per heavy atom. The molecule has 0 radical (unpaired) electrons. The summed E-state index contributed by atoms with van der Waals surface area (Å²) < 4.78 is 6.10. The number of carbonyl (C=O) groups excluding carboxylic acids is 3. The number of aromatic nitrogens is 1. The Labute approximate surface area is 263 Å². The van der Waals surface area contributed by atoms with Gasteiger partial charge in [-0.05, 0) is 47.0 Å². The number of phenolic OH excluding ortho intramolecular Hbond substituents is 2. The van der Waals surface area contributed by atoms with Crippen molar-refractivity contribution in [1.29, 1.82) is 0 Å². The molecule has 2 aliphatic heterocycles. The minimum atomic E-state index is -0.916. The molecule has 5 N–H and O–H groups in total. The van der Waals surface area contributed by atoms with Gasteiger partial charge in [0.1, 0.15) is 18.0 Å². The molecule has 2 saturated heterocycles. The number of urea groups is 1. The van der Waals surface area contributed by atoms with Crippen molar-refractivity contribution in [2.75, 3.05) is 33.0 Å². The molecule has 45 heavy (non-hydrogen) atoms. The highest BCUT2D eigenvalue weighted by molar-refractivity contribution is 7.22. The number of ether oxygens (including phenoxy) is 1. The number of amides is 4. The van der Waals surface area contributed by atoms with Gasteiger partial charge in [-0.15, -0.1) is 0 Å². The van der Waals surface area contributed by atoms with Crippen LogP contribution in [0, 0.1) is 0 Å². The zero-order chi connectivity index (χ0) is 31.8. The number of nitrogens with one attached hydrogen (secondary N) is 1. The van der Waals surface area contributed by atoms with E-state index >= 15 is 0 Å². The Kier molecular flexibility index (Phi) is 8.08. The third-order valence-corrected chi connectivity index (χ3v) is 9.05. The Hall–Kier alpha value is -5.08. The number of thiazole rings is 1. The van der Waals surface area contributed by atoms with E-state index in [0.717, 1.165) is 15.8 Å². The molecule has 0 saturated carbocycles. The van der Waals surface area contributed by atoms with Crippen LogP contribution in [0.15, 0.2) is 60.7 Å². The molecule has 2 fully saturated rings. The van der Waals surface area contributed by atoms with Crippen LogP contribution in [0.1, 0.15) is 16.7 Å². The number of aromatic hydroxyl groups is 2. The summed E-state index contributed by atoms with van der Waals surface area (Å²) in [6.45, 7) is 0.528. The first-order valence-electron chi connectivity index (χ1n) is 14.3. The third kappa shape index (κ3) is 5.89. The molecule has 234 valence electrons. The summed E-state index contributed by atoms with van der Waals surface area (Å²) in [5.74, 6) is -0.471. The lowest BCUT2D eigenvalue weighted by atomic mass is 9.99. The fraction of sp³-hybridized carbons (Fsp3) is 0.290. The van der Waals surface area contributed by atoms with Crippen molar-refractivity contribution in [3.8, 4) is 17.2 Å². The van der Waals surface area contributed by atoms with Crippen LogP contribution in [0.2, 0.25) is 0 Å². The number of anilines is 1. The molecule has 6 rings (SSSR count). The molecule has 0 bridgehead atoms. The lowest BCUT2D eigenvalue weighted by Gasteiger charge is -2.45. The monoisotopic (exact) mass is 631 g/mol. The average Bonchev–Trinajstić information content (AvgIpc) is 3.58. The topological polar surface area (TPSA) is 165 Å². The molecule has 2 atom stereocenters. The molecule has 2 aliphatic rings. The van der Waals surface area contributed by atoms with Gasteiger partial charge in [0, 0.05) is 26.6 Å². The summed E-state index contributed by atoms with van der Waals surface area (Å²) in [5.41, 5.74) is 8.94. The number of piperazine rings is 1. The molecule has 0 spiro atoms. The van der Waals surface area contributed by atoms with Gasteiger partial charge < -0.3 is 35.8 Å². The Bertz CT molecular complexity index is 1760. The highest BCUT2D eigenvalue weighted by atomic mass is 32.1. The van der Waals surface area contributed by atoms with E-state index in [4.69, 9.17) is 10.5 Å². The van der Waals surface area contributed by atoms with Crippen LogP contribution in [0.3, 0.4) is 0 Å². The van der Waals surface area contributed by atoms with Crippen molar-refractivity contribution >= 4 is 44.5 Å². The number of para-hydroxylation sites is 1. The summed E-state index contributed by atoms with van der Waals surface area (Å²) in [7, 11) is 3.17. The number of carbonyl (C=O) groups is 3. The number of fused-ring (bicyclic) bond motifs is 2. The highest BCUT2D eigenvalue weighted by Gasteiger charge is 2.51. The first-order valence-corrected chi connectivity index (χ1v) is 15.1. The van der Waals surface area contributed by atoms with E-state index in [1.54, 1.807) is 30.1 Å². The van der Waals surface area contributed by atoms with Gasteiger partial charge in [0.15, 0.2) is 16.6 Å². The molecule has 13 nitrogen and oxygen atoms in total. The number of rotatable bonds is 8. The fourth-order valence-electron chi connectivity index (χ4n) is 5.88. The van der Waals surface area contributed by atoms with Crippen molar-refractivity contribution in [2.24, 2.45) is 0 Å². The van der Waals surface area contributed by atoms with E-state index in [1.807, 2.05) is 42.5 Å². The van der Waals surface area contributed by atoms with Crippen molar-refractivity contribution in [3.05, 3.63) is 77.4 Å². The van der Waals surface area contributed by atoms with E-state index in [0.29, 0.717) is 22.0 Å². The summed E-state index contributed by atoms with van der Waals surface area (Å²) in [5, 5.41) is 26.3. The van der Waals surface area contributed by atoms with Gasteiger partial charge >= 0.3 is 6.03 Å². The first kappa shape index (κ1) is 30.0. The molecule has 1 aromatic heterocycles. The second kappa shape index (κ2) is 12.1. The molecule has 4 aromatic rings. The summed E-state index contributed by atoms with van der Waals surface area (Å²) >= 11 is 1.36. The van der Waals surface area contributed by atoms with Gasteiger partial charge in [0.2, 0.25) is 11.8 Å². The van der Waals surface area contributed by atoms with E-state index in [1.165, 1.54) is 33.4 Å². The molecule has 0 unspecified atom stereocenters. The van der Waals surface area contributed by atoms with Crippen LogP contribution in [0.5, 0.6) is 17.2 Å². The van der Waals surface area contributed by atoms with Crippen molar-refractivity contribution < 1.29 is 29.3 Å². The smallest absolute Gasteiger partial charge is 0.332 e. The van der Waals surface area contributed by atoms with E-state index in [-0.39, 0.29) is 55.9 Å². The average molecular weight is 632 g/mol. The number of hydrogen-bond acceptors (Lipinski definition) is 10. The molecule has 3 aromatic carbocycles. The molecule has 3 heterocycles. The van der Waals surface area contributed by atoms with E-state index < -0.39 is 18.2 Å². The Morgan fingerprint density at radius 3 is 2.60 bits per heavy atom. The lowest BCUT2D eigenvalue weighted by molar-refractivity contribution is -0.157. The fourth-order valence-corrected chi connectivity index (χ4v) is 6.66. The third-order valence-electron chi connectivity index (χ3n) is 8.20. The maximum Gasteiger partial charge on any atom is 0.332 e. The van der Waals surface area contributed by atoms with Crippen LogP contribution < -0.4 is 15.8 Å². The molecular formula is C31H33N7O6S. The Balaban J connectivity index is 1.27. The quantitative estimate of drug-likeness (QED) is 0.214. The largest absolute Gasteiger partial charge is 0.504 e. The van der Waals surface area contributed by atoms with Crippen LogP contribution in [-0.4, -0.2) is 92.3 Å². The number of nitrogens with two attached hydrogens (primary N) is 1. The predicted octanol–water partition coefficient (Wildman–Crippen LogP) is 2.48. The standard InChI is InChI=1S/C31H33N7O6S/c1-35(31(43)33-14-18-6-9-21(44-2)10-7-18)37-17-27(41)38-22(12-19-8-11-23(39)24(40)13-19)29(42)36(16-26(37)38)15-20-4-3-5-25-28(20)34-30(32)45-25/h3-11,13,22,26,39-40H,12,14-17H2,1-2H3,(H2,32,34)(H,33,43)/t22-,26+/m0/s1. The number of hydrazine groups is 1. The minimum absolute atomic E-state index is 0.0977. The molecule has 4 amide bonds. The number of benzene rings is 3. The zero-order valence-corrected chi connectivity index (χ0v) is 25.5. The second-order valence-corrected chi connectivity index (χ2v) is 12.0. The van der Waals surface area contributed by atoms with Gasteiger partial charge in [0.05, 0.1) is 30.4 Å². The van der Waals surface area contributed by atoms with Crippen LogP contribution in [0.25, 0.3) is 10.2 Å². The van der Waals surface area contributed by atoms with Crippen LogP contribution in [-0.2, 0) is 29.1 Å². The number of phenols is 2.